The average Bonchev–Trinajstić information content (AvgIpc) is 2.78. The summed E-state index contributed by atoms with van der Waals surface area (Å²) in [5.74, 6) is 0. The number of hydrogen-bond donors (Lipinski definition) is 0. The molecule has 4 nitrogen and oxygen atoms in total. The molecule has 0 aliphatic rings. The van der Waals surface area contributed by atoms with Crippen LogP contribution in [0.1, 0.15) is 27.2 Å². The lowest BCUT2D eigenvalue weighted by Crippen LogP contribution is -2.18. The lowest BCUT2D eigenvalue weighted by Gasteiger charge is -2.21. The summed E-state index contributed by atoms with van der Waals surface area (Å²) in [6, 6.07) is 5.80. The SMILES string of the molecule is CCC(C)(C)Cn1cc(-c2ccccn2)nn1. The quantitative estimate of drug-likeness (QED) is 0.811. The van der Waals surface area contributed by atoms with E-state index in [1.807, 2.05) is 29.1 Å². The molecule has 0 bridgehead atoms. The summed E-state index contributed by atoms with van der Waals surface area (Å²) >= 11 is 0. The van der Waals surface area contributed by atoms with Crippen molar-refractivity contribution in [2.45, 2.75) is 33.7 Å². The molecule has 90 valence electrons. The van der Waals surface area contributed by atoms with Gasteiger partial charge in [-0.2, -0.15) is 0 Å². The smallest absolute Gasteiger partial charge is 0.131 e. The fourth-order valence-electron chi connectivity index (χ4n) is 1.56. The van der Waals surface area contributed by atoms with Crippen molar-refractivity contribution in [3.05, 3.63) is 30.6 Å². The van der Waals surface area contributed by atoms with Gasteiger partial charge in [-0.1, -0.05) is 32.1 Å². The highest BCUT2D eigenvalue weighted by molar-refractivity contribution is 5.51. The molecule has 0 unspecified atom stereocenters. The van der Waals surface area contributed by atoms with Gasteiger partial charge in [0.05, 0.1) is 11.9 Å². The lowest BCUT2D eigenvalue weighted by atomic mass is 9.90. The fourth-order valence-corrected chi connectivity index (χ4v) is 1.56. The van der Waals surface area contributed by atoms with Crippen LogP contribution >= 0.6 is 0 Å². The second-order valence-electron chi connectivity index (χ2n) is 5.03. The maximum Gasteiger partial charge on any atom is 0.131 e. The first-order valence-corrected chi connectivity index (χ1v) is 5.92. The molecule has 0 N–H and O–H groups in total. The Labute approximate surface area is 102 Å². The minimum atomic E-state index is 0.245. The van der Waals surface area contributed by atoms with Crippen molar-refractivity contribution >= 4 is 0 Å². The Morgan fingerprint density at radius 2 is 2.06 bits per heavy atom. The molecule has 2 aromatic rings. The molecule has 0 aliphatic carbocycles. The van der Waals surface area contributed by atoms with Crippen molar-refractivity contribution in [2.75, 3.05) is 0 Å². The molecule has 4 heteroatoms. The van der Waals surface area contributed by atoms with Crippen molar-refractivity contribution in [1.29, 1.82) is 0 Å². The van der Waals surface area contributed by atoms with Crippen LogP contribution in [0.5, 0.6) is 0 Å². The number of aromatic nitrogens is 4. The molecule has 2 aromatic heterocycles. The van der Waals surface area contributed by atoms with Crippen molar-refractivity contribution in [3.8, 4) is 11.4 Å². The van der Waals surface area contributed by atoms with E-state index in [4.69, 9.17) is 0 Å². The van der Waals surface area contributed by atoms with E-state index in [-0.39, 0.29) is 5.41 Å². The van der Waals surface area contributed by atoms with Crippen LogP contribution in [-0.2, 0) is 6.54 Å². The zero-order valence-electron chi connectivity index (χ0n) is 10.6. The van der Waals surface area contributed by atoms with Gasteiger partial charge in [-0.15, -0.1) is 5.10 Å². The summed E-state index contributed by atoms with van der Waals surface area (Å²) in [6.07, 6.45) is 4.84. The van der Waals surface area contributed by atoms with Gasteiger partial charge >= 0.3 is 0 Å². The van der Waals surface area contributed by atoms with Gasteiger partial charge < -0.3 is 0 Å². The monoisotopic (exact) mass is 230 g/mol. The molecule has 0 saturated heterocycles. The first-order chi connectivity index (χ1) is 8.11. The molecule has 0 atom stereocenters. The molecule has 0 aliphatic heterocycles. The lowest BCUT2D eigenvalue weighted by molar-refractivity contribution is 0.277. The summed E-state index contributed by atoms with van der Waals surface area (Å²) in [6.45, 7) is 7.53. The Morgan fingerprint density at radius 3 is 2.71 bits per heavy atom. The Morgan fingerprint density at radius 1 is 1.24 bits per heavy atom. The average molecular weight is 230 g/mol. The highest BCUT2D eigenvalue weighted by Gasteiger charge is 2.17. The van der Waals surface area contributed by atoms with Crippen molar-refractivity contribution < 1.29 is 0 Å². The standard InChI is InChI=1S/C13H18N4/c1-4-13(2,3)10-17-9-12(15-16-17)11-7-5-6-8-14-11/h5-9H,4,10H2,1-3H3. The van der Waals surface area contributed by atoms with Crippen LogP contribution < -0.4 is 0 Å². The number of rotatable bonds is 4. The predicted molar refractivity (Wildman–Crippen MR) is 67.3 cm³/mol. The highest BCUT2D eigenvalue weighted by Crippen LogP contribution is 2.22. The van der Waals surface area contributed by atoms with Gasteiger partial charge in [0, 0.05) is 12.7 Å². The normalized spacial score (nSPS) is 11.7. The third-order valence-corrected chi connectivity index (χ3v) is 3.01. The van der Waals surface area contributed by atoms with E-state index in [0.29, 0.717) is 0 Å². The Hall–Kier alpha value is -1.71. The maximum atomic E-state index is 4.26. The molecule has 0 fully saturated rings. The minimum absolute atomic E-state index is 0.245. The second kappa shape index (κ2) is 4.65. The number of pyridine rings is 1. The van der Waals surface area contributed by atoms with Crippen LogP contribution in [0.2, 0.25) is 0 Å². The number of nitrogens with zero attached hydrogens (tertiary/aromatic N) is 4. The zero-order valence-corrected chi connectivity index (χ0v) is 10.6. The zero-order chi connectivity index (χ0) is 12.3. The third kappa shape index (κ3) is 2.90. The minimum Gasteiger partial charge on any atom is -0.254 e. The van der Waals surface area contributed by atoms with Gasteiger partial charge in [-0.25, -0.2) is 0 Å². The van der Waals surface area contributed by atoms with E-state index >= 15 is 0 Å². The van der Waals surface area contributed by atoms with E-state index in [2.05, 4.69) is 36.1 Å². The van der Waals surface area contributed by atoms with E-state index in [9.17, 15) is 0 Å². The molecule has 0 amide bonds. The van der Waals surface area contributed by atoms with Gasteiger partial charge in [0.2, 0.25) is 0 Å². The number of hydrogen-bond acceptors (Lipinski definition) is 3. The van der Waals surface area contributed by atoms with Gasteiger partial charge in [-0.05, 0) is 24.0 Å². The molecule has 2 rings (SSSR count). The van der Waals surface area contributed by atoms with E-state index < -0.39 is 0 Å². The highest BCUT2D eigenvalue weighted by atomic mass is 15.4. The van der Waals surface area contributed by atoms with Crippen LogP contribution in [0.4, 0.5) is 0 Å². The molecule has 0 saturated carbocycles. The summed E-state index contributed by atoms with van der Waals surface area (Å²) in [5, 5.41) is 8.31. The van der Waals surface area contributed by atoms with Crippen molar-refractivity contribution in [1.82, 2.24) is 20.0 Å². The van der Waals surface area contributed by atoms with Crippen molar-refractivity contribution in [2.24, 2.45) is 5.41 Å². The molecule has 2 heterocycles. The van der Waals surface area contributed by atoms with Crippen LogP contribution in [0.25, 0.3) is 11.4 Å². The van der Waals surface area contributed by atoms with Crippen LogP contribution in [-0.4, -0.2) is 20.0 Å². The molecular weight excluding hydrogens is 212 g/mol. The Bertz CT molecular complexity index is 473. The van der Waals surface area contributed by atoms with E-state index in [1.165, 1.54) is 0 Å². The maximum absolute atomic E-state index is 4.26. The topological polar surface area (TPSA) is 43.6 Å². The molecule has 0 radical (unpaired) electrons. The first-order valence-electron chi connectivity index (χ1n) is 5.92. The Kier molecular flexibility index (Phi) is 3.22. The predicted octanol–water partition coefficient (Wildman–Crippen LogP) is 2.78. The first kappa shape index (κ1) is 11.8. The van der Waals surface area contributed by atoms with E-state index in [1.54, 1.807) is 6.20 Å². The molecule has 0 spiro atoms. The van der Waals surface area contributed by atoms with Crippen LogP contribution in [0, 0.1) is 5.41 Å². The Balaban J connectivity index is 2.17. The second-order valence-corrected chi connectivity index (χ2v) is 5.03. The van der Waals surface area contributed by atoms with Crippen molar-refractivity contribution in [3.63, 3.8) is 0 Å². The van der Waals surface area contributed by atoms with Gasteiger partial charge in [-0.3, -0.25) is 9.67 Å². The summed E-state index contributed by atoms with van der Waals surface area (Å²) in [4.78, 5) is 4.26. The molecule has 0 aromatic carbocycles. The van der Waals surface area contributed by atoms with E-state index in [0.717, 1.165) is 24.4 Å². The van der Waals surface area contributed by atoms with Gasteiger partial charge in [0.15, 0.2) is 0 Å². The molecule has 17 heavy (non-hydrogen) atoms. The van der Waals surface area contributed by atoms with Crippen LogP contribution in [0.3, 0.4) is 0 Å². The molecular formula is C13H18N4. The third-order valence-electron chi connectivity index (χ3n) is 3.01. The summed E-state index contributed by atoms with van der Waals surface area (Å²) in [5.41, 5.74) is 1.94. The summed E-state index contributed by atoms with van der Waals surface area (Å²) < 4.78 is 1.90. The largest absolute Gasteiger partial charge is 0.254 e. The fraction of sp³-hybridized carbons (Fsp3) is 0.462. The van der Waals surface area contributed by atoms with Gasteiger partial charge in [0.1, 0.15) is 5.69 Å². The van der Waals surface area contributed by atoms with Gasteiger partial charge in [0.25, 0.3) is 0 Å². The van der Waals surface area contributed by atoms with Crippen LogP contribution in [0.15, 0.2) is 30.6 Å². The summed E-state index contributed by atoms with van der Waals surface area (Å²) in [7, 11) is 0.